The van der Waals surface area contributed by atoms with Gasteiger partial charge in [0.05, 0.1) is 11.0 Å². The van der Waals surface area contributed by atoms with Gasteiger partial charge in [0, 0.05) is 35.7 Å². The van der Waals surface area contributed by atoms with Gasteiger partial charge in [-0.25, -0.2) is 14.2 Å². The summed E-state index contributed by atoms with van der Waals surface area (Å²) in [7, 11) is 0. The minimum Gasteiger partial charge on any atom is -0.488 e. The average Bonchev–Trinajstić information content (AvgIpc) is 3.63. The Hall–Kier alpha value is -4.46. The molecule has 0 bridgehead atoms. The number of aryl methyl sites for hydroxylation is 1. The van der Waals surface area contributed by atoms with Crippen molar-refractivity contribution in [2.24, 2.45) is 5.92 Å². The second-order valence-electron chi connectivity index (χ2n) is 10.3. The first-order valence-electron chi connectivity index (χ1n) is 13.4. The molecule has 8 heteroatoms. The molecule has 1 saturated carbocycles. The lowest BCUT2D eigenvalue weighted by Gasteiger charge is -2.17. The maximum Gasteiger partial charge on any atom is 0.439 e. The molecule has 7 rings (SSSR count). The molecule has 0 spiro atoms. The van der Waals surface area contributed by atoms with E-state index in [9.17, 15) is 9.18 Å². The molecule has 2 aromatic heterocycles. The van der Waals surface area contributed by atoms with E-state index in [1.807, 2.05) is 12.1 Å². The Kier molecular flexibility index (Phi) is 5.68. The topological polar surface area (TPSA) is 85.9 Å². The molecule has 1 N–H and O–H groups in total. The molecule has 1 fully saturated rings. The van der Waals surface area contributed by atoms with E-state index < -0.39 is 5.76 Å². The molecule has 0 radical (unpaired) electrons. The standard InChI is InChI=1S/C31H27FN4O3/c1-2-5-27-33-24-6-3-4-7-25(24)36(27)16-18-8-12-22-20(14-18)17-38-26-15-21(32)11-13-23(26)29(22)28(19-9-10-19)30-34-31(37)39-35-30/h3-4,6-8,11-15,19H,2,5,9-10,16-17H2,1H3,(H,34,35,37). The van der Waals surface area contributed by atoms with E-state index >= 15 is 0 Å². The normalized spacial score (nSPS) is 15.9. The summed E-state index contributed by atoms with van der Waals surface area (Å²) < 4.78 is 27.7. The van der Waals surface area contributed by atoms with Crippen molar-refractivity contribution in [2.45, 2.75) is 45.8 Å². The minimum atomic E-state index is -0.598. The van der Waals surface area contributed by atoms with Crippen LogP contribution >= 0.6 is 0 Å². The van der Waals surface area contributed by atoms with Gasteiger partial charge in [0.25, 0.3) is 0 Å². The predicted molar refractivity (Wildman–Crippen MR) is 146 cm³/mol. The third-order valence-corrected chi connectivity index (χ3v) is 7.53. The van der Waals surface area contributed by atoms with Crippen molar-refractivity contribution in [1.29, 1.82) is 0 Å². The number of nitrogens with one attached hydrogen (secondary N) is 1. The molecular formula is C31H27FN4O3. The number of ether oxygens (including phenoxy) is 1. The monoisotopic (exact) mass is 522 g/mol. The Labute approximate surface area is 223 Å². The lowest BCUT2D eigenvalue weighted by molar-refractivity contribution is 0.305. The molecular weight excluding hydrogens is 495 g/mol. The number of aromatic nitrogens is 4. The summed E-state index contributed by atoms with van der Waals surface area (Å²) in [4.78, 5) is 19.5. The van der Waals surface area contributed by atoms with Gasteiger partial charge in [0.2, 0.25) is 0 Å². The number of halogens is 1. The van der Waals surface area contributed by atoms with E-state index in [1.54, 1.807) is 6.07 Å². The number of rotatable bonds is 6. The van der Waals surface area contributed by atoms with Crippen LogP contribution in [0.5, 0.6) is 5.75 Å². The summed E-state index contributed by atoms with van der Waals surface area (Å²) in [6.07, 6.45) is 3.87. The second kappa shape index (κ2) is 9.38. The van der Waals surface area contributed by atoms with Gasteiger partial charge < -0.3 is 9.30 Å². The first kappa shape index (κ1) is 23.6. The van der Waals surface area contributed by atoms with Gasteiger partial charge in [-0.1, -0.05) is 36.3 Å². The summed E-state index contributed by atoms with van der Waals surface area (Å²) in [5.41, 5.74) is 7.79. The van der Waals surface area contributed by atoms with Gasteiger partial charge >= 0.3 is 5.76 Å². The smallest absolute Gasteiger partial charge is 0.439 e. The van der Waals surface area contributed by atoms with Crippen LogP contribution in [0.15, 0.2) is 70.0 Å². The Morgan fingerprint density at radius 2 is 1.95 bits per heavy atom. The van der Waals surface area contributed by atoms with Crippen LogP contribution in [0.3, 0.4) is 0 Å². The fraction of sp³-hybridized carbons (Fsp3) is 0.258. The van der Waals surface area contributed by atoms with Crippen molar-refractivity contribution >= 4 is 22.2 Å². The molecule has 5 aromatic rings. The Morgan fingerprint density at radius 3 is 2.74 bits per heavy atom. The first-order chi connectivity index (χ1) is 19.1. The molecule has 3 heterocycles. The number of hydrogen-bond donors (Lipinski definition) is 1. The molecule has 7 nitrogen and oxygen atoms in total. The number of nitrogens with zero attached hydrogens (tertiary/aromatic N) is 3. The fourth-order valence-electron chi connectivity index (χ4n) is 5.65. The SMILES string of the molecule is CCCc1nc2ccccc2n1Cc1ccc2c(c1)COc1cc(F)ccc1C2=C(c1noc(=O)[nH]1)C1CC1. The molecule has 0 amide bonds. The van der Waals surface area contributed by atoms with E-state index in [0.29, 0.717) is 24.7 Å². The van der Waals surface area contributed by atoms with Gasteiger partial charge in [-0.15, -0.1) is 0 Å². The summed E-state index contributed by atoms with van der Waals surface area (Å²) in [5, 5.41) is 4.04. The summed E-state index contributed by atoms with van der Waals surface area (Å²) in [5.74, 6) is 1.21. The molecule has 196 valence electrons. The van der Waals surface area contributed by atoms with Gasteiger partial charge in [-0.05, 0) is 72.2 Å². The molecule has 1 aliphatic carbocycles. The van der Waals surface area contributed by atoms with Crippen LogP contribution in [0.25, 0.3) is 22.2 Å². The molecule has 0 saturated heterocycles. The van der Waals surface area contributed by atoms with Crippen molar-refractivity contribution in [3.8, 4) is 5.75 Å². The van der Waals surface area contributed by atoms with Gasteiger partial charge in [-0.2, -0.15) is 0 Å². The molecule has 3 aromatic carbocycles. The Bertz CT molecular complexity index is 1810. The molecule has 39 heavy (non-hydrogen) atoms. The van der Waals surface area contributed by atoms with Crippen molar-refractivity contribution in [3.63, 3.8) is 0 Å². The number of fused-ring (bicyclic) bond motifs is 3. The zero-order valence-corrected chi connectivity index (χ0v) is 21.5. The largest absolute Gasteiger partial charge is 0.488 e. The highest BCUT2D eigenvalue weighted by molar-refractivity contribution is 6.01. The van der Waals surface area contributed by atoms with E-state index in [0.717, 1.165) is 75.9 Å². The maximum absolute atomic E-state index is 14.3. The summed E-state index contributed by atoms with van der Waals surface area (Å²) in [6, 6.07) is 19.2. The highest BCUT2D eigenvalue weighted by Crippen LogP contribution is 2.49. The van der Waals surface area contributed by atoms with Crippen molar-refractivity contribution in [3.05, 3.63) is 111 Å². The first-order valence-corrected chi connectivity index (χ1v) is 13.4. The molecule has 0 atom stereocenters. The number of hydrogen-bond acceptors (Lipinski definition) is 5. The third-order valence-electron chi connectivity index (χ3n) is 7.53. The minimum absolute atomic E-state index is 0.221. The zero-order valence-electron chi connectivity index (χ0n) is 21.5. The summed E-state index contributed by atoms with van der Waals surface area (Å²) >= 11 is 0. The second-order valence-corrected chi connectivity index (χ2v) is 10.3. The quantitative estimate of drug-likeness (QED) is 0.291. The predicted octanol–water partition coefficient (Wildman–Crippen LogP) is 6.11. The Morgan fingerprint density at radius 1 is 1.10 bits per heavy atom. The zero-order chi connectivity index (χ0) is 26.5. The van der Waals surface area contributed by atoms with Gasteiger partial charge in [0.1, 0.15) is 24.0 Å². The lowest BCUT2D eigenvalue weighted by atomic mass is 9.87. The van der Waals surface area contributed by atoms with Crippen molar-refractivity contribution < 1.29 is 13.7 Å². The van der Waals surface area contributed by atoms with Crippen molar-refractivity contribution in [1.82, 2.24) is 19.7 Å². The number of allylic oxidation sites excluding steroid dienone is 1. The number of para-hydroxylation sites is 2. The van der Waals surface area contributed by atoms with Crippen LogP contribution in [0, 0.1) is 11.7 Å². The highest BCUT2D eigenvalue weighted by Gasteiger charge is 2.35. The van der Waals surface area contributed by atoms with E-state index in [2.05, 4.69) is 52.0 Å². The fourth-order valence-corrected chi connectivity index (χ4v) is 5.65. The van der Waals surface area contributed by atoms with E-state index in [1.165, 1.54) is 12.1 Å². The van der Waals surface area contributed by atoms with Crippen LogP contribution in [0.1, 0.15) is 60.1 Å². The number of H-pyrrole nitrogens is 1. The van der Waals surface area contributed by atoms with Crippen LogP contribution in [-0.2, 0) is 19.6 Å². The highest BCUT2D eigenvalue weighted by atomic mass is 19.1. The molecule has 0 unspecified atom stereocenters. The lowest BCUT2D eigenvalue weighted by Crippen LogP contribution is -2.07. The van der Waals surface area contributed by atoms with Gasteiger partial charge in [0.15, 0.2) is 5.82 Å². The van der Waals surface area contributed by atoms with Crippen LogP contribution in [0.4, 0.5) is 4.39 Å². The summed E-state index contributed by atoms with van der Waals surface area (Å²) in [6.45, 7) is 3.14. The third kappa shape index (κ3) is 4.26. The molecule has 1 aliphatic heterocycles. The van der Waals surface area contributed by atoms with E-state index in [-0.39, 0.29) is 11.7 Å². The van der Waals surface area contributed by atoms with Crippen LogP contribution in [0.2, 0.25) is 0 Å². The average molecular weight is 523 g/mol. The maximum atomic E-state index is 14.3. The number of benzene rings is 3. The van der Waals surface area contributed by atoms with Crippen LogP contribution < -0.4 is 10.5 Å². The van der Waals surface area contributed by atoms with Gasteiger partial charge in [-0.3, -0.25) is 9.51 Å². The van der Waals surface area contributed by atoms with E-state index in [4.69, 9.17) is 14.2 Å². The molecule has 2 aliphatic rings. The van der Waals surface area contributed by atoms with Crippen molar-refractivity contribution in [2.75, 3.05) is 0 Å². The van der Waals surface area contributed by atoms with Crippen LogP contribution in [-0.4, -0.2) is 19.7 Å². The Balaban J connectivity index is 1.39. The number of imidazole rings is 1. The number of aromatic amines is 1.